The molecule has 0 amide bonds. The van der Waals surface area contributed by atoms with Crippen LogP contribution < -0.4 is 10.6 Å². The highest BCUT2D eigenvalue weighted by atomic mass is 35.5. The molecule has 0 fully saturated rings. The molecule has 1 aromatic heterocycles. The van der Waals surface area contributed by atoms with E-state index >= 15 is 0 Å². The predicted octanol–water partition coefficient (Wildman–Crippen LogP) is 4.13. The van der Waals surface area contributed by atoms with Crippen LogP contribution >= 0.6 is 23.2 Å². The zero-order chi connectivity index (χ0) is 14.5. The Labute approximate surface area is 127 Å². The summed E-state index contributed by atoms with van der Waals surface area (Å²) in [7, 11) is 0. The molecule has 2 rings (SSSR count). The highest BCUT2D eigenvalue weighted by molar-refractivity contribution is 6.35. The summed E-state index contributed by atoms with van der Waals surface area (Å²) in [6.45, 7) is 4.17. The Hall–Kier alpha value is -1.59. The highest BCUT2D eigenvalue weighted by Gasteiger charge is 2.06. The SMILES string of the molecule is CCC(C)Nc1cnnc(Nc2cc(Cl)ccc2Cl)n1. The Morgan fingerprint density at radius 1 is 1.30 bits per heavy atom. The Kier molecular flexibility index (Phi) is 4.98. The number of halogens is 2. The molecule has 20 heavy (non-hydrogen) atoms. The first-order valence-electron chi connectivity index (χ1n) is 6.27. The first-order chi connectivity index (χ1) is 9.58. The number of anilines is 3. The van der Waals surface area contributed by atoms with E-state index in [4.69, 9.17) is 23.2 Å². The van der Waals surface area contributed by atoms with Crippen molar-refractivity contribution in [2.45, 2.75) is 26.3 Å². The number of hydrogen-bond acceptors (Lipinski definition) is 5. The van der Waals surface area contributed by atoms with Crippen LogP contribution in [-0.4, -0.2) is 21.2 Å². The predicted molar refractivity (Wildman–Crippen MR) is 82.9 cm³/mol. The van der Waals surface area contributed by atoms with Crippen molar-refractivity contribution in [1.82, 2.24) is 15.2 Å². The van der Waals surface area contributed by atoms with Crippen molar-refractivity contribution < 1.29 is 0 Å². The number of aromatic nitrogens is 3. The minimum absolute atomic E-state index is 0.314. The quantitative estimate of drug-likeness (QED) is 0.869. The fourth-order valence-corrected chi connectivity index (χ4v) is 1.83. The van der Waals surface area contributed by atoms with Crippen molar-refractivity contribution >= 4 is 40.7 Å². The van der Waals surface area contributed by atoms with Gasteiger partial charge in [0.05, 0.1) is 16.9 Å². The van der Waals surface area contributed by atoms with E-state index in [-0.39, 0.29) is 0 Å². The Morgan fingerprint density at radius 2 is 2.10 bits per heavy atom. The molecule has 5 nitrogen and oxygen atoms in total. The van der Waals surface area contributed by atoms with E-state index in [1.807, 2.05) is 0 Å². The van der Waals surface area contributed by atoms with E-state index in [2.05, 4.69) is 39.7 Å². The molecule has 0 aliphatic carbocycles. The maximum absolute atomic E-state index is 6.08. The van der Waals surface area contributed by atoms with Gasteiger partial charge in [0.15, 0.2) is 5.82 Å². The van der Waals surface area contributed by atoms with Crippen LogP contribution in [0.2, 0.25) is 10.0 Å². The second-order valence-electron chi connectivity index (χ2n) is 4.37. The lowest BCUT2D eigenvalue weighted by Gasteiger charge is -2.12. The lowest BCUT2D eigenvalue weighted by Crippen LogP contribution is -2.15. The fourth-order valence-electron chi connectivity index (χ4n) is 1.49. The number of benzene rings is 1. The van der Waals surface area contributed by atoms with E-state index < -0.39 is 0 Å². The van der Waals surface area contributed by atoms with Crippen molar-refractivity contribution in [2.24, 2.45) is 0 Å². The van der Waals surface area contributed by atoms with E-state index in [1.165, 1.54) is 0 Å². The first kappa shape index (κ1) is 14.8. The molecular weight excluding hydrogens is 297 g/mol. The molecular formula is C13H15Cl2N5. The number of hydrogen-bond donors (Lipinski definition) is 2. The maximum atomic E-state index is 6.08. The van der Waals surface area contributed by atoms with Crippen LogP contribution in [0, 0.1) is 0 Å². The third-order valence-electron chi connectivity index (χ3n) is 2.74. The molecule has 2 aromatic rings. The molecule has 0 spiro atoms. The molecule has 0 aliphatic rings. The van der Waals surface area contributed by atoms with Crippen molar-refractivity contribution in [3.05, 3.63) is 34.4 Å². The van der Waals surface area contributed by atoms with Gasteiger partial charge < -0.3 is 10.6 Å². The van der Waals surface area contributed by atoms with E-state index in [0.29, 0.717) is 33.5 Å². The average Bonchev–Trinajstić information content (AvgIpc) is 2.43. The number of nitrogens with one attached hydrogen (secondary N) is 2. The largest absolute Gasteiger partial charge is 0.366 e. The Bertz CT molecular complexity index is 591. The van der Waals surface area contributed by atoms with Crippen LogP contribution in [-0.2, 0) is 0 Å². The second kappa shape index (κ2) is 6.72. The molecule has 7 heteroatoms. The normalized spacial score (nSPS) is 12.0. The molecule has 0 saturated carbocycles. The summed E-state index contributed by atoms with van der Waals surface area (Å²) in [5.74, 6) is 1.03. The second-order valence-corrected chi connectivity index (χ2v) is 5.21. The molecule has 0 saturated heterocycles. The van der Waals surface area contributed by atoms with Crippen molar-refractivity contribution in [1.29, 1.82) is 0 Å². The van der Waals surface area contributed by atoms with Gasteiger partial charge in [0, 0.05) is 11.1 Å². The topological polar surface area (TPSA) is 62.7 Å². The minimum atomic E-state index is 0.314. The Balaban J connectivity index is 2.17. The van der Waals surface area contributed by atoms with Crippen molar-refractivity contribution in [3.8, 4) is 0 Å². The van der Waals surface area contributed by atoms with Gasteiger partial charge in [-0.1, -0.05) is 30.1 Å². The lowest BCUT2D eigenvalue weighted by atomic mass is 10.3. The standard InChI is InChI=1S/C13H15Cl2N5/c1-3-8(2)17-12-7-16-20-13(19-12)18-11-6-9(14)4-5-10(11)15/h4-8H,3H2,1-2H3,(H2,17,18,19,20). The van der Waals surface area contributed by atoms with E-state index in [9.17, 15) is 0 Å². The van der Waals surface area contributed by atoms with Crippen LogP contribution in [0.4, 0.5) is 17.5 Å². The monoisotopic (exact) mass is 311 g/mol. The van der Waals surface area contributed by atoms with Gasteiger partial charge in [-0.2, -0.15) is 10.1 Å². The van der Waals surface area contributed by atoms with Crippen LogP contribution in [0.15, 0.2) is 24.4 Å². The van der Waals surface area contributed by atoms with Gasteiger partial charge in [0.2, 0.25) is 5.95 Å². The molecule has 1 atom stereocenters. The highest BCUT2D eigenvalue weighted by Crippen LogP contribution is 2.27. The fraction of sp³-hybridized carbons (Fsp3) is 0.308. The molecule has 1 aromatic carbocycles. The molecule has 0 bridgehead atoms. The first-order valence-corrected chi connectivity index (χ1v) is 7.02. The summed E-state index contributed by atoms with van der Waals surface area (Å²) in [5, 5.41) is 15.2. The summed E-state index contributed by atoms with van der Waals surface area (Å²) in [4.78, 5) is 4.33. The maximum Gasteiger partial charge on any atom is 0.249 e. The van der Waals surface area contributed by atoms with Crippen LogP contribution in [0.25, 0.3) is 0 Å². The van der Waals surface area contributed by atoms with Gasteiger partial charge in [0.25, 0.3) is 0 Å². The number of rotatable bonds is 5. The lowest BCUT2D eigenvalue weighted by molar-refractivity contribution is 0.755. The third-order valence-corrected chi connectivity index (χ3v) is 3.31. The van der Waals surface area contributed by atoms with Gasteiger partial charge >= 0.3 is 0 Å². The van der Waals surface area contributed by atoms with E-state index in [1.54, 1.807) is 24.4 Å². The van der Waals surface area contributed by atoms with Crippen LogP contribution in [0.1, 0.15) is 20.3 Å². The molecule has 0 radical (unpaired) electrons. The van der Waals surface area contributed by atoms with Crippen LogP contribution in [0.5, 0.6) is 0 Å². The molecule has 1 heterocycles. The Morgan fingerprint density at radius 3 is 2.85 bits per heavy atom. The van der Waals surface area contributed by atoms with Crippen LogP contribution in [0.3, 0.4) is 0 Å². The zero-order valence-corrected chi connectivity index (χ0v) is 12.7. The van der Waals surface area contributed by atoms with Crippen molar-refractivity contribution in [2.75, 3.05) is 10.6 Å². The molecule has 2 N–H and O–H groups in total. The average molecular weight is 312 g/mol. The summed E-state index contributed by atoms with van der Waals surface area (Å²) in [6, 6.07) is 5.45. The smallest absolute Gasteiger partial charge is 0.249 e. The summed E-state index contributed by atoms with van der Waals surface area (Å²) in [5.41, 5.74) is 0.640. The molecule has 1 unspecified atom stereocenters. The summed E-state index contributed by atoms with van der Waals surface area (Å²) >= 11 is 12.0. The molecule has 106 valence electrons. The van der Waals surface area contributed by atoms with Gasteiger partial charge in [-0.05, 0) is 31.5 Å². The van der Waals surface area contributed by atoms with Gasteiger partial charge in [-0.15, -0.1) is 5.10 Å². The molecule has 0 aliphatic heterocycles. The summed E-state index contributed by atoms with van der Waals surface area (Å²) in [6.07, 6.45) is 2.57. The van der Waals surface area contributed by atoms with Gasteiger partial charge in [-0.25, -0.2) is 0 Å². The minimum Gasteiger partial charge on any atom is -0.366 e. The third kappa shape index (κ3) is 3.95. The number of nitrogens with zero attached hydrogens (tertiary/aromatic N) is 3. The zero-order valence-electron chi connectivity index (χ0n) is 11.2. The van der Waals surface area contributed by atoms with E-state index in [0.717, 1.165) is 6.42 Å². The van der Waals surface area contributed by atoms with Gasteiger partial charge in [-0.3, -0.25) is 0 Å². The van der Waals surface area contributed by atoms with Gasteiger partial charge in [0.1, 0.15) is 0 Å². The summed E-state index contributed by atoms with van der Waals surface area (Å²) < 4.78 is 0. The van der Waals surface area contributed by atoms with Crippen molar-refractivity contribution in [3.63, 3.8) is 0 Å².